The summed E-state index contributed by atoms with van der Waals surface area (Å²) in [7, 11) is 3.61. The maximum Gasteiger partial charge on any atom is 0.130 e. The monoisotopic (exact) mass is 762 g/mol. The first-order valence-corrected chi connectivity index (χ1v) is 18.7. The first kappa shape index (κ1) is 34.3. The average Bonchev–Trinajstić information content (AvgIpc) is 3.08. The highest BCUT2D eigenvalue weighted by molar-refractivity contribution is 9.08. The Bertz CT molecular complexity index is 1990. The van der Waals surface area contributed by atoms with E-state index in [4.69, 9.17) is 9.47 Å². The van der Waals surface area contributed by atoms with Gasteiger partial charge in [0.05, 0.1) is 14.2 Å². The van der Waals surface area contributed by atoms with E-state index in [9.17, 15) is 0 Å². The number of alkyl halides is 2. The number of hydrogen-bond acceptors (Lipinski definition) is 2. The zero-order valence-corrected chi connectivity index (χ0v) is 32.4. The van der Waals surface area contributed by atoms with E-state index in [1.807, 2.05) is 0 Å². The first-order chi connectivity index (χ1) is 22.9. The summed E-state index contributed by atoms with van der Waals surface area (Å²) in [5.41, 5.74) is 11.3. The van der Waals surface area contributed by atoms with Crippen molar-refractivity contribution < 1.29 is 9.47 Å². The van der Waals surface area contributed by atoms with Crippen LogP contribution in [0.4, 0.5) is 0 Å². The zero-order valence-electron chi connectivity index (χ0n) is 29.2. The largest absolute Gasteiger partial charge is 0.496 e. The molecule has 0 bridgehead atoms. The minimum Gasteiger partial charge on any atom is -0.496 e. The van der Waals surface area contributed by atoms with Gasteiger partial charge in [0.1, 0.15) is 11.5 Å². The molecule has 6 aromatic rings. The Labute approximate surface area is 302 Å². The Morgan fingerprint density at radius 3 is 1.15 bits per heavy atom. The molecule has 0 amide bonds. The van der Waals surface area contributed by atoms with E-state index >= 15 is 0 Å². The Balaban J connectivity index is 1.78. The van der Waals surface area contributed by atoms with E-state index in [0.717, 1.165) is 33.8 Å². The lowest BCUT2D eigenvalue weighted by Crippen LogP contribution is -2.16. The number of fused-ring (bicyclic) bond motifs is 2. The van der Waals surface area contributed by atoms with Gasteiger partial charge in [0.2, 0.25) is 0 Å². The van der Waals surface area contributed by atoms with E-state index in [1.54, 1.807) is 14.2 Å². The van der Waals surface area contributed by atoms with Crippen LogP contribution in [0.1, 0.15) is 63.8 Å². The van der Waals surface area contributed by atoms with E-state index in [1.165, 1.54) is 54.9 Å². The molecule has 0 atom stereocenters. The van der Waals surface area contributed by atoms with Gasteiger partial charge in [-0.2, -0.15) is 0 Å². The van der Waals surface area contributed by atoms with E-state index in [-0.39, 0.29) is 10.8 Å². The fraction of sp³-hybridized carbons (Fsp3) is 0.273. The van der Waals surface area contributed by atoms with Crippen LogP contribution < -0.4 is 9.47 Å². The summed E-state index contributed by atoms with van der Waals surface area (Å²) in [6.07, 6.45) is 0. The third-order valence-corrected chi connectivity index (χ3v) is 10.6. The molecule has 246 valence electrons. The lowest BCUT2D eigenvalue weighted by molar-refractivity contribution is 0.398. The molecule has 0 aliphatic heterocycles. The lowest BCUT2D eigenvalue weighted by atomic mass is 9.76. The van der Waals surface area contributed by atoms with Gasteiger partial charge in [-0.15, -0.1) is 0 Å². The highest BCUT2D eigenvalue weighted by Gasteiger charge is 2.31. The van der Waals surface area contributed by atoms with Crippen molar-refractivity contribution in [2.45, 2.75) is 63.0 Å². The van der Waals surface area contributed by atoms with Gasteiger partial charge < -0.3 is 9.47 Å². The molecule has 0 spiro atoms. The molecule has 0 aliphatic carbocycles. The molecule has 6 rings (SSSR count). The van der Waals surface area contributed by atoms with Crippen LogP contribution in [0.2, 0.25) is 0 Å². The molecule has 4 heteroatoms. The van der Waals surface area contributed by atoms with E-state index in [2.05, 4.69) is 170 Å². The van der Waals surface area contributed by atoms with Gasteiger partial charge in [0.15, 0.2) is 0 Å². The summed E-state index contributed by atoms with van der Waals surface area (Å²) in [4.78, 5) is 0. The van der Waals surface area contributed by atoms with Gasteiger partial charge >= 0.3 is 0 Å². The summed E-state index contributed by atoms with van der Waals surface area (Å²) in [6.45, 7) is 13.6. The second-order valence-corrected chi connectivity index (χ2v) is 15.7. The van der Waals surface area contributed by atoms with Crippen molar-refractivity contribution in [3.05, 3.63) is 119 Å². The molecule has 0 aliphatic rings. The van der Waals surface area contributed by atoms with Crippen LogP contribution in [0.15, 0.2) is 97.1 Å². The number of hydrogen-bond donors (Lipinski definition) is 0. The summed E-state index contributed by atoms with van der Waals surface area (Å²) < 4.78 is 12.7. The van der Waals surface area contributed by atoms with Crippen molar-refractivity contribution >= 4 is 53.4 Å². The molecule has 0 fully saturated rings. The molecule has 6 aromatic carbocycles. The molecule has 0 aromatic heterocycles. The third kappa shape index (κ3) is 6.18. The van der Waals surface area contributed by atoms with Crippen molar-refractivity contribution in [1.82, 2.24) is 0 Å². The van der Waals surface area contributed by atoms with Crippen LogP contribution >= 0.6 is 31.9 Å². The molecule has 0 radical (unpaired) electrons. The van der Waals surface area contributed by atoms with Gasteiger partial charge in [-0.3, -0.25) is 0 Å². The summed E-state index contributed by atoms with van der Waals surface area (Å²) in [5, 5.41) is 6.18. The predicted octanol–water partition coefficient (Wildman–Crippen LogP) is 13.4. The number of ether oxygens (including phenoxy) is 2. The van der Waals surface area contributed by atoms with Crippen molar-refractivity contribution in [2.75, 3.05) is 14.2 Å². The Hall–Kier alpha value is -3.60. The van der Waals surface area contributed by atoms with E-state index < -0.39 is 0 Å². The fourth-order valence-corrected chi connectivity index (χ4v) is 8.17. The number of rotatable bonds is 7. The smallest absolute Gasteiger partial charge is 0.130 e. The van der Waals surface area contributed by atoms with Gasteiger partial charge in [-0.25, -0.2) is 0 Å². The highest BCUT2D eigenvalue weighted by atomic mass is 79.9. The lowest BCUT2D eigenvalue weighted by Gasteiger charge is -2.31. The van der Waals surface area contributed by atoms with E-state index in [0.29, 0.717) is 10.7 Å². The number of halogens is 2. The average molecular weight is 765 g/mol. The molecule has 0 saturated carbocycles. The van der Waals surface area contributed by atoms with Gasteiger partial charge in [-0.05, 0) is 90.0 Å². The third-order valence-electron chi connectivity index (χ3n) is 9.43. The van der Waals surface area contributed by atoms with Crippen LogP contribution in [-0.2, 0) is 21.5 Å². The van der Waals surface area contributed by atoms with Crippen LogP contribution in [0.25, 0.3) is 54.9 Å². The van der Waals surface area contributed by atoms with Crippen LogP contribution in [0, 0.1) is 0 Å². The molecule has 0 saturated heterocycles. The molecule has 0 unspecified atom stereocenters. The number of benzene rings is 6. The minimum atomic E-state index is -0.175. The van der Waals surface area contributed by atoms with Crippen molar-refractivity contribution in [3.8, 4) is 44.9 Å². The molecule has 0 heterocycles. The summed E-state index contributed by atoms with van der Waals surface area (Å²) in [5.74, 6) is 1.85. The van der Waals surface area contributed by atoms with Crippen molar-refractivity contribution in [1.29, 1.82) is 0 Å². The SMILES string of the molecule is COc1c(C(C)(C)C)cc(-c2cc(C(C)(C)C)c(OC)c(-c3ccc4ccccc4c3)c2CBr)c(CBr)c1-c1ccc2ccccc2c1. The fourth-order valence-electron chi connectivity index (χ4n) is 7.00. The van der Waals surface area contributed by atoms with Gasteiger partial charge in [0.25, 0.3) is 0 Å². The Kier molecular flexibility index (Phi) is 9.54. The summed E-state index contributed by atoms with van der Waals surface area (Å²) in [6, 6.07) is 35.4. The molecular formula is C44H44Br2O2. The van der Waals surface area contributed by atoms with Crippen LogP contribution in [0.3, 0.4) is 0 Å². The first-order valence-electron chi connectivity index (χ1n) is 16.5. The second kappa shape index (κ2) is 13.4. The maximum absolute atomic E-state index is 6.36. The summed E-state index contributed by atoms with van der Waals surface area (Å²) >= 11 is 7.95. The number of methoxy groups -OCH3 is 2. The molecular weight excluding hydrogens is 720 g/mol. The quantitative estimate of drug-likeness (QED) is 0.151. The normalized spacial score (nSPS) is 12.1. The van der Waals surface area contributed by atoms with Gasteiger partial charge in [-0.1, -0.05) is 146 Å². The molecule has 2 nitrogen and oxygen atoms in total. The standard InChI is InChI=1S/C44H44Br2O2/c1-43(2,3)37-23-33(35(25-45)39(41(37)47-7)31-19-17-27-13-9-11-15-29(27)21-31)34-24-38(44(4,5)6)42(48-8)40(36(34)26-46)32-20-18-28-14-10-12-16-30(28)22-32/h9-24H,25-26H2,1-8H3. The van der Waals surface area contributed by atoms with Gasteiger partial charge in [0, 0.05) is 32.9 Å². The predicted molar refractivity (Wildman–Crippen MR) is 214 cm³/mol. The van der Waals surface area contributed by atoms with Crippen molar-refractivity contribution in [2.24, 2.45) is 0 Å². The Morgan fingerprint density at radius 1 is 0.479 bits per heavy atom. The van der Waals surface area contributed by atoms with Crippen LogP contribution in [-0.4, -0.2) is 14.2 Å². The molecule has 48 heavy (non-hydrogen) atoms. The topological polar surface area (TPSA) is 18.5 Å². The highest BCUT2D eigenvalue weighted by Crippen LogP contribution is 2.52. The Morgan fingerprint density at radius 2 is 0.833 bits per heavy atom. The minimum absolute atomic E-state index is 0.175. The molecule has 0 N–H and O–H groups in total. The van der Waals surface area contributed by atoms with Crippen LogP contribution in [0.5, 0.6) is 11.5 Å². The maximum atomic E-state index is 6.36. The van der Waals surface area contributed by atoms with Crippen molar-refractivity contribution in [3.63, 3.8) is 0 Å². The zero-order chi connectivity index (χ0) is 34.4. The second-order valence-electron chi connectivity index (χ2n) is 14.6.